The van der Waals surface area contributed by atoms with Crippen LogP contribution in [-0.2, 0) is 6.54 Å². The highest BCUT2D eigenvalue weighted by atomic mass is 14.9. The molecule has 0 fully saturated rings. The largest absolute Gasteiger partial charge is 0.212 e. The average molecular weight is 184 g/mol. The Morgan fingerprint density at radius 2 is 1.93 bits per heavy atom. The van der Waals surface area contributed by atoms with E-state index in [1.165, 1.54) is 10.9 Å². The van der Waals surface area contributed by atoms with Gasteiger partial charge in [0.1, 0.15) is 0 Å². The Morgan fingerprint density at radius 3 is 2.79 bits per heavy atom. The van der Waals surface area contributed by atoms with Crippen molar-refractivity contribution in [1.29, 1.82) is 0 Å². The van der Waals surface area contributed by atoms with Gasteiger partial charge in [-0.2, -0.15) is 4.57 Å². The summed E-state index contributed by atoms with van der Waals surface area (Å²) in [4.78, 5) is 0. The lowest BCUT2D eigenvalue weighted by molar-refractivity contribution is -0.661. The van der Waals surface area contributed by atoms with Crippen LogP contribution in [0.2, 0.25) is 0 Å². The molecule has 0 aliphatic rings. The van der Waals surface area contributed by atoms with Crippen molar-refractivity contribution in [3.63, 3.8) is 0 Å². The van der Waals surface area contributed by atoms with Crippen LogP contribution in [-0.4, -0.2) is 0 Å². The Morgan fingerprint density at radius 1 is 1.14 bits per heavy atom. The highest BCUT2D eigenvalue weighted by Gasteiger charge is 2.03. The molecule has 1 nitrogen and oxygen atoms in total. The van der Waals surface area contributed by atoms with E-state index in [2.05, 4.69) is 59.3 Å². The van der Waals surface area contributed by atoms with Crippen LogP contribution in [0.15, 0.2) is 54.7 Å². The topological polar surface area (TPSA) is 3.88 Å². The SMILES string of the molecule is CC=CC[n+]1cccc2ccccc21. The minimum atomic E-state index is 0.942. The van der Waals surface area contributed by atoms with Crippen molar-refractivity contribution in [3.05, 3.63) is 54.7 Å². The van der Waals surface area contributed by atoms with Gasteiger partial charge in [-0.25, -0.2) is 0 Å². The van der Waals surface area contributed by atoms with Crippen LogP contribution in [0.25, 0.3) is 10.9 Å². The summed E-state index contributed by atoms with van der Waals surface area (Å²) in [6, 6.07) is 12.7. The minimum absolute atomic E-state index is 0.942. The second kappa shape index (κ2) is 4.05. The van der Waals surface area contributed by atoms with Crippen molar-refractivity contribution in [1.82, 2.24) is 0 Å². The Kier molecular flexibility index (Phi) is 2.59. The number of benzene rings is 1. The molecule has 2 rings (SSSR count). The summed E-state index contributed by atoms with van der Waals surface area (Å²) >= 11 is 0. The lowest BCUT2D eigenvalue weighted by atomic mass is 10.2. The molecule has 2 aromatic rings. The van der Waals surface area contributed by atoms with Crippen LogP contribution in [0.3, 0.4) is 0 Å². The fourth-order valence-corrected chi connectivity index (χ4v) is 1.60. The van der Waals surface area contributed by atoms with Crippen LogP contribution < -0.4 is 4.57 Å². The number of fused-ring (bicyclic) bond motifs is 1. The molecule has 0 amide bonds. The lowest BCUT2D eigenvalue weighted by Gasteiger charge is -1.97. The first-order valence-electron chi connectivity index (χ1n) is 4.90. The fourth-order valence-electron chi connectivity index (χ4n) is 1.60. The molecule has 0 spiro atoms. The summed E-state index contributed by atoms with van der Waals surface area (Å²) in [5.74, 6) is 0. The van der Waals surface area contributed by atoms with E-state index in [0.717, 1.165) is 6.54 Å². The van der Waals surface area contributed by atoms with E-state index >= 15 is 0 Å². The summed E-state index contributed by atoms with van der Waals surface area (Å²) in [5.41, 5.74) is 1.29. The first kappa shape index (κ1) is 8.95. The molecule has 0 radical (unpaired) electrons. The summed E-state index contributed by atoms with van der Waals surface area (Å²) in [7, 11) is 0. The van der Waals surface area contributed by atoms with Crippen LogP contribution >= 0.6 is 0 Å². The van der Waals surface area contributed by atoms with Gasteiger partial charge in [-0.3, -0.25) is 0 Å². The summed E-state index contributed by atoms with van der Waals surface area (Å²) in [6.07, 6.45) is 6.35. The van der Waals surface area contributed by atoms with Crippen molar-refractivity contribution in [2.24, 2.45) is 0 Å². The fraction of sp³-hybridized carbons (Fsp3) is 0.154. The Bertz CT molecular complexity index is 452. The molecule has 0 bridgehead atoms. The molecular formula is C13H14N+. The normalized spacial score (nSPS) is 11.2. The van der Waals surface area contributed by atoms with Gasteiger partial charge < -0.3 is 0 Å². The first-order chi connectivity index (χ1) is 6.92. The molecule has 1 heterocycles. The van der Waals surface area contributed by atoms with Crippen molar-refractivity contribution in [3.8, 4) is 0 Å². The summed E-state index contributed by atoms with van der Waals surface area (Å²) in [5, 5.41) is 1.29. The molecule has 1 aromatic heterocycles. The van der Waals surface area contributed by atoms with Gasteiger partial charge in [-0.1, -0.05) is 18.2 Å². The molecule has 70 valence electrons. The number of pyridine rings is 1. The smallest absolute Gasteiger partial charge is 0.195 e. The average Bonchev–Trinajstić information content (AvgIpc) is 2.26. The third-order valence-electron chi connectivity index (χ3n) is 2.33. The maximum Gasteiger partial charge on any atom is 0.212 e. The van der Waals surface area contributed by atoms with Crippen LogP contribution in [0.5, 0.6) is 0 Å². The molecule has 1 heteroatoms. The molecule has 14 heavy (non-hydrogen) atoms. The van der Waals surface area contributed by atoms with Crippen LogP contribution in [0.4, 0.5) is 0 Å². The molecule has 0 aliphatic heterocycles. The predicted octanol–water partition coefficient (Wildman–Crippen LogP) is 2.70. The maximum atomic E-state index is 2.25. The molecule has 0 N–H and O–H groups in total. The zero-order chi connectivity index (χ0) is 9.80. The number of allylic oxidation sites excluding steroid dienone is 2. The zero-order valence-electron chi connectivity index (χ0n) is 8.35. The van der Waals surface area contributed by atoms with Crippen LogP contribution in [0, 0.1) is 0 Å². The second-order valence-corrected chi connectivity index (χ2v) is 3.29. The molecule has 0 unspecified atom stereocenters. The predicted molar refractivity (Wildman–Crippen MR) is 59.0 cm³/mol. The Labute approximate surface area is 84.3 Å². The molecule has 0 saturated heterocycles. The number of hydrogen-bond acceptors (Lipinski definition) is 0. The maximum absolute atomic E-state index is 2.25. The van der Waals surface area contributed by atoms with Crippen molar-refractivity contribution >= 4 is 10.9 Å². The van der Waals surface area contributed by atoms with Crippen LogP contribution in [0.1, 0.15) is 6.92 Å². The molecule has 0 atom stereocenters. The van der Waals surface area contributed by atoms with E-state index < -0.39 is 0 Å². The molecule has 0 aliphatic carbocycles. The number of aromatic nitrogens is 1. The third-order valence-corrected chi connectivity index (χ3v) is 2.33. The van der Waals surface area contributed by atoms with Gasteiger partial charge in [0, 0.05) is 17.5 Å². The summed E-state index contributed by atoms with van der Waals surface area (Å²) in [6.45, 7) is 2.99. The number of nitrogens with zero attached hydrogens (tertiary/aromatic N) is 1. The van der Waals surface area contributed by atoms with Gasteiger partial charge in [-0.05, 0) is 25.1 Å². The molecule has 0 saturated carbocycles. The van der Waals surface area contributed by atoms with Gasteiger partial charge in [-0.15, -0.1) is 0 Å². The number of para-hydroxylation sites is 1. The van der Waals surface area contributed by atoms with E-state index in [1.54, 1.807) is 0 Å². The molecular weight excluding hydrogens is 170 g/mol. The minimum Gasteiger partial charge on any atom is -0.195 e. The quantitative estimate of drug-likeness (QED) is 0.499. The van der Waals surface area contributed by atoms with Crippen molar-refractivity contribution in [2.75, 3.05) is 0 Å². The second-order valence-electron chi connectivity index (χ2n) is 3.29. The lowest BCUT2D eigenvalue weighted by Crippen LogP contribution is -2.32. The van der Waals surface area contributed by atoms with Crippen molar-refractivity contribution in [2.45, 2.75) is 13.5 Å². The van der Waals surface area contributed by atoms with E-state index in [-0.39, 0.29) is 0 Å². The highest BCUT2D eigenvalue weighted by molar-refractivity contribution is 5.74. The van der Waals surface area contributed by atoms with Gasteiger partial charge in [0.2, 0.25) is 5.52 Å². The van der Waals surface area contributed by atoms with E-state index in [4.69, 9.17) is 0 Å². The van der Waals surface area contributed by atoms with Gasteiger partial charge >= 0.3 is 0 Å². The standard InChI is InChI=1S/C13H14N/c1-2-3-10-14-11-6-8-12-7-4-5-9-13(12)14/h2-9,11H,10H2,1H3/q+1. The number of hydrogen-bond donors (Lipinski definition) is 0. The molecule has 1 aromatic carbocycles. The number of rotatable bonds is 2. The summed E-state index contributed by atoms with van der Waals surface area (Å²) < 4.78 is 2.25. The van der Waals surface area contributed by atoms with E-state index in [9.17, 15) is 0 Å². The van der Waals surface area contributed by atoms with Gasteiger partial charge in [0.25, 0.3) is 0 Å². The van der Waals surface area contributed by atoms with Crippen molar-refractivity contribution < 1.29 is 4.57 Å². The Hall–Kier alpha value is -1.63. The zero-order valence-corrected chi connectivity index (χ0v) is 8.35. The van der Waals surface area contributed by atoms with Gasteiger partial charge in [0.15, 0.2) is 12.7 Å². The Balaban J connectivity index is 2.53. The first-order valence-corrected chi connectivity index (χ1v) is 4.90. The van der Waals surface area contributed by atoms with E-state index in [1.807, 2.05) is 6.92 Å². The van der Waals surface area contributed by atoms with E-state index in [0.29, 0.717) is 0 Å². The monoisotopic (exact) mass is 184 g/mol. The third kappa shape index (κ3) is 1.67. The van der Waals surface area contributed by atoms with Gasteiger partial charge in [0.05, 0.1) is 0 Å². The highest BCUT2D eigenvalue weighted by Crippen LogP contribution is 2.07.